The summed E-state index contributed by atoms with van der Waals surface area (Å²) in [7, 11) is 5.23. The predicted octanol–water partition coefficient (Wildman–Crippen LogP) is 8.05. The van der Waals surface area contributed by atoms with E-state index in [-0.39, 0.29) is 28.4 Å². The van der Waals surface area contributed by atoms with E-state index in [0.717, 1.165) is 155 Å². The Morgan fingerprint density at radius 1 is 0.546 bits per heavy atom. The van der Waals surface area contributed by atoms with Crippen molar-refractivity contribution < 1.29 is 23.8 Å². The largest absolute Gasteiger partial charge is 0.378 e. The number of anilines is 7. The minimum atomic E-state index is -0.127. The van der Waals surface area contributed by atoms with Crippen molar-refractivity contribution in [3.63, 3.8) is 0 Å². The van der Waals surface area contributed by atoms with E-state index in [4.69, 9.17) is 14.5 Å². The second kappa shape index (κ2) is 30.5. The molecule has 28 heteroatoms. The topological polar surface area (TPSA) is 257 Å². The van der Waals surface area contributed by atoms with Crippen molar-refractivity contribution in [1.29, 1.82) is 0 Å². The molecule has 15 heterocycles. The third-order valence-corrected chi connectivity index (χ3v) is 20.7. The highest BCUT2D eigenvalue weighted by Crippen LogP contribution is 2.36. The van der Waals surface area contributed by atoms with Crippen LogP contribution in [0.25, 0.3) is 11.1 Å². The van der Waals surface area contributed by atoms with Crippen molar-refractivity contribution in [1.82, 2.24) is 67.0 Å². The Labute approximate surface area is 579 Å². The summed E-state index contributed by atoms with van der Waals surface area (Å²) in [5.74, 6) is 2.98. The molecule has 0 aromatic carbocycles. The first kappa shape index (κ1) is 67.7. The van der Waals surface area contributed by atoms with E-state index in [9.17, 15) is 24.0 Å². The number of hydrogen-bond acceptors (Lipinski definition) is 18. The standard InChI is InChI=1S/C35H42N8O3.C17H22BrN5O2.C14H18BrN5O.C3H4O2/c1-3-27-28(8-11-36-33(27)43-15-14-42-30-7-5-4-6-23(30)17-31(42)35(43)45)24-16-29(34(44)39(2)18-24)38-32-19-41(22-37-32)25-9-12-40(13-10-25)26-20-46-21-26;1-21-7-12(18)6-15(17(21)24)20-16-8-23(11-19-16)13-2-4-22(5-3-13)14-9-25-10-14;1-19-7-10(15)6-12(14(19)21)18-13-8-20(9-17-13)11-2-4-16-5-3-11;4-3-1-5-2-3/h8,11,16-19,22,25-26,38H,3-7,9-10,12-15,20-21H2,1-2H3;6-8,11,13-14,20H,2-5,9-10H2,1H3;6-9,11,16,18H,2-5H2,1H3;1-2H2. The number of aryl methyl sites for hydroxylation is 4. The molecule has 7 aliphatic heterocycles. The highest BCUT2D eigenvalue weighted by atomic mass is 79.9. The molecule has 8 aliphatic rings. The van der Waals surface area contributed by atoms with Crippen LogP contribution in [0.4, 0.5) is 40.3 Å². The highest BCUT2D eigenvalue weighted by molar-refractivity contribution is 9.10. The average molecular weight is 1460 g/mol. The van der Waals surface area contributed by atoms with E-state index in [0.29, 0.717) is 96.7 Å². The van der Waals surface area contributed by atoms with Crippen LogP contribution in [-0.2, 0) is 66.0 Å². The Morgan fingerprint density at radius 2 is 1.02 bits per heavy atom. The summed E-state index contributed by atoms with van der Waals surface area (Å²) in [6, 6.07) is 12.1. The van der Waals surface area contributed by atoms with E-state index in [1.807, 2.05) is 60.8 Å². The summed E-state index contributed by atoms with van der Waals surface area (Å²) < 4.78 is 30.3. The van der Waals surface area contributed by atoms with Gasteiger partial charge in [0.25, 0.3) is 22.6 Å². The second-order valence-electron chi connectivity index (χ2n) is 26.3. The molecule has 4 N–H and O–H groups in total. The second-order valence-corrected chi connectivity index (χ2v) is 28.1. The number of hydrogen-bond donors (Lipinski definition) is 4. The van der Waals surface area contributed by atoms with Gasteiger partial charge in [0.2, 0.25) is 0 Å². The van der Waals surface area contributed by atoms with Gasteiger partial charge in [0.05, 0.1) is 57.5 Å². The van der Waals surface area contributed by atoms with Gasteiger partial charge in [-0.1, -0.05) is 6.92 Å². The van der Waals surface area contributed by atoms with Crippen LogP contribution < -0.4 is 42.8 Å². The maximum absolute atomic E-state index is 13.9. The number of carbonyl (C=O) groups excluding carboxylic acids is 2. The van der Waals surface area contributed by atoms with Gasteiger partial charge in [-0.25, -0.2) is 19.9 Å². The summed E-state index contributed by atoms with van der Waals surface area (Å²) in [5.41, 5.74) is 7.51. The van der Waals surface area contributed by atoms with Crippen LogP contribution in [0.3, 0.4) is 0 Å². The number of piperidine rings is 3. The number of aromatic nitrogens is 11. The Hall–Kier alpha value is -7.83. The Kier molecular flexibility index (Phi) is 21.3. The zero-order valence-electron chi connectivity index (χ0n) is 55.5. The summed E-state index contributed by atoms with van der Waals surface area (Å²) in [5, 5.41) is 12.9. The molecule has 26 nitrogen and oxygen atoms in total. The summed E-state index contributed by atoms with van der Waals surface area (Å²) in [6.45, 7) is 14.0. The normalized spacial score (nSPS) is 18.8. The first-order valence-corrected chi connectivity index (χ1v) is 35.5. The van der Waals surface area contributed by atoms with Crippen LogP contribution in [0, 0.1) is 0 Å². The number of nitrogens with one attached hydrogen (secondary N) is 4. The van der Waals surface area contributed by atoms with Gasteiger partial charge >= 0.3 is 0 Å². The van der Waals surface area contributed by atoms with E-state index in [1.165, 1.54) is 28.7 Å². The van der Waals surface area contributed by atoms with Crippen LogP contribution >= 0.6 is 31.9 Å². The molecule has 0 spiro atoms. The number of Topliss-reactive ketones (excluding diaryl/α,β-unsaturated/α-hetero) is 1. The molecule has 0 saturated carbocycles. The number of halogens is 2. The van der Waals surface area contributed by atoms with Gasteiger partial charge in [-0.15, -0.1) is 0 Å². The van der Waals surface area contributed by atoms with Crippen molar-refractivity contribution in [3.8, 4) is 11.1 Å². The van der Waals surface area contributed by atoms with Gasteiger partial charge in [0.1, 0.15) is 59.2 Å². The summed E-state index contributed by atoms with van der Waals surface area (Å²) in [6.07, 6.45) is 30.4. The van der Waals surface area contributed by atoms with Gasteiger partial charge in [-0.2, -0.15) is 0 Å². The summed E-state index contributed by atoms with van der Waals surface area (Å²) in [4.78, 5) is 86.3. The maximum Gasteiger partial charge on any atom is 0.276 e. The predicted molar refractivity (Wildman–Crippen MR) is 378 cm³/mol. The molecule has 0 unspecified atom stereocenters. The first-order valence-electron chi connectivity index (χ1n) is 33.9. The molecule has 16 rings (SSSR count). The molecule has 514 valence electrons. The van der Waals surface area contributed by atoms with Gasteiger partial charge in [0.15, 0.2) is 5.78 Å². The maximum atomic E-state index is 13.9. The quantitative estimate of drug-likeness (QED) is 0.0803. The number of ketones is 1. The lowest BCUT2D eigenvalue weighted by atomic mass is 9.98. The molecule has 6 saturated heterocycles. The molecule has 0 radical (unpaired) electrons. The zero-order chi connectivity index (χ0) is 67.3. The fourth-order valence-electron chi connectivity index (χ4n) is 14.1. The highest BCUT2D eigenvalue weighted by Gasteiger charge is 2.34. The molecule has 8 aromatic rings. The molecule has 1 aliphatic carbocycles. The van der Waals surface area contributed by atoms with Crippen molar-refractivity contribution in [2.45, 2.75) is 114 Å². The molecule has 0 atom stereocenters. The number of likely N-dealkylation sites (tertiary alicyclic amines) is 2. The van der Waals surface area contributed by atoms with Crippen LogP contribution in [0.15, 0.2) is 116 Å². The van der Waals surface area contributed by atoms with E-state index in [2.05, 4.69) is 114 Å². The van der Waals surface area contributed by atoms with Gasteiger partial charge in [-0.3, -0.25) is 38.7 Å². The Balaban J connectivity index is 0.000000139. The Morgan fingerprint density at radius 3 is 1.48 bits per heavy atom. The van der Waals surface area contributed by atoms with Crippen molar-refractivity contribution in [2.24, 2.45) is 21.1 Å². The molecule has 8 aromatic heterocycles. The van der Waals surface area contributed by atoms with Crippen LogP contribution in [0.1, 0.15) is 104 Å². The average Bonchev–Trinajstić information content (AvgIpc) is 1.34. The molecular formula is C69H86Br2N18O8. The number of imidazole rings is 3. The van der Waals surface area contributed by atoms with Crippen LogP contribution in [0.5, 0.6) is 0 Å². The van der Waals surface area contributed by atoms with Crippen molar-refractivity contribution in [2.75, 3.05) is 106 Å². The molecule has 0 bridgehead atoms. The minimum Gasteiger partial charge on any atom is -0.378 e. The first-order chi connectivity index (χ1) is 47.1. The summed E-state index contributed by atoms with van der Waals surface area (Å²) >= 11 is 6.81. The number of pyridine rings is 4. The van der Waals surface area contributed by atoms with Gasteiger partial charge in [0, 0.05) is 148 Å². The molecule has 6 fully saturated rings. The molecular weight excluding hydrogens is 1370 g/mol. The molecule has 1 amide bonds. The monoisotopic (exact) mass is 1450 g/mol. The number of carbonyl (C=O) groups is 2. The van der Waals surface area contributed by atoms with E-state index in [1.54, 1.807) is 61.0 Å². The number of fused-ring (bicyclic) bond motifs is 3. The van der Waals surface area contributed by atoms with Gasteiger partial charge in [-0.05, 0) is 157 Å². The Bertz CT molecular complexity index is 4290. The SMILES string of the molecule is CCc1c(-c2cc(Nc3cn(C4CCN(C5COC5)CC4)cn3)c(=O)n(C)c2)ccnc1N1CCn2c(cc3c2CCCC3)C1=O.Cn1cc(Br)cc(Nc2cn(C3CCN(C4COC4)CC3)cn2)c1=O.Cn1cc(Br)cc(Nc2cn(C3CCNCC3)cn2)c1=O.O=C1COC1. The van der Waals surface area contributed by atoms with Crippen molar-refractivity contribution >= 4 is 83.9 Å². The lowest BCUT2D eigenvalue weighted by molar-refractivity contribution is -0.140. The fourth-order valence-corrected chi connectivity index (χ4v) is 15.2. The van der Waals surface area contributed by atoms with Crippen molar-refractivity contribution in [3.05, 3.63) is 155 Å². The smallest absolute Gasteiger partial charge is 0.276 e. The number of rotatable bonds is 14. The fraction of sp³-hybridized carbons (Fsp3) is 0.493. The zero-order valence-corrected chi connectivity index (χ0v) is 58.7. The van der Waals surface area contributed by atoms with E-state index < -0.39 is 0 Å². The third-order valence-electron chi connectivity index (χ3n) is 19.8. The number of nitrogens with zero attached hydrogens (tertiary/aromatic N) is 14. The lowest BCUT2D eigenvalue weighted by Crippen LogP contribution is -2.51. The number of amides is 1. The third kappa shape index (κ3) is 15.6. The number of ether oxygens (including phenoxy) is 3. The lowest BCUT2D eigenvalue weighted by Gasteiger charge is -2.41. The van der Waals surface area contributed by atoms with Gasteiger partial charge < -0.3 is 67.4 Å². The van der Waals surface area contributed by atoms with E-state index >= 15 is 0 Å². The van der Waals surface area contributed by atoms with Crippen LogP contribution in [0.2, 0.25) is 0 Å². The molecule has 97 heavy (non-hydrogen) atoms. The van der Waals surface area contributed by atoms with Crippen LogP contribution in [-0.4, -0.2) is 171 Å². The minimum absolute atomic E-state index is 0.0149.